The summed E-state index contributed by atoms with van der Waals surface area (Å²) in [6.45, 7) is 17.1. The van der Waals surface area contributed by atoms with Crippen molar-refractivity contribution in [3.05, 3.63) is 12.7 Å². The first-order chi connectivity index (χ1) is 18.1. The van der Waals surface area contributed by atoms with Crippen molar-refractivity contribution in [3.8, 4) is 0 Å². The summed E-state index contributed by atoms with van der Waals surface area (Å²) in [6, 6.07) is 0. The molecule has 0 heterocycles. The molecule has 5 nitrogen and oxygen atoms in total. The van der Waals surface area contributed by atoms with Gasteiger partial charge < -0.3 is 19.0 Å². The molecular weight excluding hydrogens is 476 g/mol. The van der Waals surface area contributed by atoms with E-state index in [0.29, 0.717) is 12.0 Å². The van der Waals surface area contributed by atoms with Crippen molar-refractivity contribution in [1.82, 2.24) is 0 Å². The number of hydrogen-bond acceptors (Lipinski definition) is 5. The summed E-state index contributed by atoms with van der Waals surface area (Å²) in [6.07, 6.45) is 20.0. The largest absolute Gasteiger partial charge is 0.460 e. The monoisotopic (exact) mass is 536 g/mol. The van der Waals surface area contributed by atoms with E-state index in [1.165, 1.54) is 51.4 Å². The number of carbonyl (C=O) groups is 2. The highest BCUT2D eigenvalue weighted by molar-refractivity contribution is 5.72. The highest BCUT2D eigenvalue weighted by Gasteiger charge is 2.27. The molecule has 0 aromatic heterocycles. The van der Waals surface area contributed by atoms with Gasteiger partial charge in [0.05, 0.1) is 24.7 Å². The fraction of sp³-hybridized carbons (Fsp3) is 0.879. The second kappa shape index (κ2) is 19.8. The third-order valence-corrected chi connectivity index (χ3v) is 8.24. The third-order valence-electron chi connectivity index (χ3n) is 8.24. The molecule has 6 atom stereocenters. The predicted octanol–water partition coefficient (Wildman–Crippen LogP) is 8.48. The Morgan fingerprint density at radius 1 is 0.895 bits per heavy atom. The minimum Gasteiger partial charge on any atom is -0.460 e. The molecule has 0 aromatic rings. The highest BCUT2D eigenvalue weighted by Crippen LogP contribution is 2.32. The average molecular weight is 537 g/mol. The Morgan fingerprint density at radius 2 is 1.45 bits per heavy atom. The molecule has 38 heavy (non-hydrogen) atoms. The van der Waals surface area contributed by atoms with Crippen molar-refractivity contribution < 1.29 is 23.8 Å². The van der Waals surface area contributed by atoms with E-state index >= 15 is 0 Å². The molecule has 222 valence electrons. The fourth-order valence-electron chi connectivity index (χ4n) is 5.72. The number of esters is 1. The molecule has 0 aromatic carbocycles. The molecule has 2 aliphatic rings. The van der Waals surface area contributed by atoms with Crippen LogP contribution in [0.4, 0.5) is 0 Å². The van der Waals surface area contributed by atoms with E-state index in [4.69, 9.17) is 14.2 Å². The van der Waals surface area contributed by atoms with Crippen LogP contribution in [-0.2, 0) is 23.8 Å². The molecule has 0 spiro atoms. The minimum atomic E-state index is -0.414. The van der Waals surface area contributed by atoms with Crippen molar-refractivity contribution in [2.24, 2.45) is 23.7 Å². The summed E-state index contributed by atoms with van der Waals surface area (Å²) in [5.41, 5.74) is -0.414. The summed E-state index contributed by atoms with van der Waals surface area (Å²) in [7, 11) is 0. The van der Waals surface area contributed by atoms with E-state index in [1.807, 2.05) is 33.8 Å². The summed E-state index contributed by atoms with van der Waals surface area (Å²) in [4.78, 5) is 22.6. The molecule has 0 aliphatic heterocycles. The van der Waals surface area contributed by atoms with E-state index in [-0.39, 0.29) is 24.6 Å². The van der Waals surface area contributed by atoms with Crippen molar-refractivity contribution >= 4 is 12.3 Å². The van der Waals surface area contributed by atoms with E-state index < -0.39 is 5.60 Å². The molecule has 5 heteroatoms. The Balaban J connectivity index is 0.000000399. The van der Waals surface area contributed by atoms with Crippen molar-refractivity contribution in [2.75, 3.05) is 13.2 Å². The summed E-state index contributed by atoms with van der Waals surface area (Å²) in [5, 5.41) is 0. The van der Waals surface area contributed by atoms with Gasteiger partial charge in [0.15, 0.2) is 0 Å². The average Bonchev–Trinajstić information content (AvgIpc) is 2.89. The van der Waals surface area contributed by atoms with Gasteiger partial charge in [-0.3, -0.25) is 4.79 Å². The Bertz CT molecular complexity index is 640. The number of ether oxygens (including phenoxy) is 3. The molecule has 0 saturated heterocycles. The van der Waals surface area contributed by atoms with Gasteiger partial charge in [-0.05, 0) is 83.5 Å². The minimum absolute atomic E-state index is 0.00417. The van der Waals surface area contributed by atoms with Crippen LogP contribution in [0.1, 0.15) is 131 Å². The molecule has 6 unspecified atom stereocenters. The summed E-state index contributed by atoms with van der Waals surface area (Å²) >= 11 is 0. The SMILES string of the molecule is C=CCOC1CCCC(CCC(C)CC)C1.CCC(CCC1CCCC(OCC=O)C1)C(=O)OC(C)(C)C. The molecule has 2 saturated carbocycles. The zero-order chi connectivity index (χ0) is 28.4. The van der Waals surface area contributed by atoms with E-state index in [0.717, 1.165) is 63.3 Å². The molecule has 0 radical (unpaired) electrons. The maximum atomic E-state index is 12.2. The summed E-state index contributed by atoms with van der Waals surface area (Å²) < 4.78 is 16.8. The van der Waals surface area contributed by atoms with Gasteiger partial charge in [0, 0.05) is 0 Å². The van der Waals surface area contributed by atoms with E-state index in [2.05, 4.69) is 20.4 Å². The van der Waals surface area contributed by atoms with E-state index in [1.54, 1.807) is 0 Å². The number of aldehydes is 1. The molecular formula is C33H60O5. The zero-order valence-electron chi connectivity index (χ0n) is 25.7. The summed E-state index contributed by atoms with van der Waals surface area (Å²) in [5.74, 6) is 2.34. The Morgan fingerprint density at radius 3 is 1.92 bits per heavy atom. The third kappa shape index (κ3) is 16.0. The fourth-order valence-corrected chi connectivity index (χ4v) is 5.72. The number of rotatable bonds is 15. The molecule has 2 fully saturated rings. The topological polar surface area (TPSA) is 61.8 Å². The van der Waals surface area contributed by atoms with Crippen LogP contribution >= 0.6 is 0 Å². The highest BCUT2D eigenvalue weighted by atomic mass is 16.6. The van der Waals surface area contributed by atoms with Gasteiger partial charge in [-0.25, -0.2) is 0 Å². The van der Waals surface area contributed by atoms with Crippen LogP contribution in [0.5, 0.6) is 0 Å². The van der Waals surface area contributed by atoms with Crippen LogP contribution in [0.15, 0.2) is 12.7 Å². The lowest BCUT2D eigenvalue weighted by Gasteiger charge is -2.30. The number of hydrogen-bond donors (Lipinski definition) is 0. The Kier molecular flexibility index (Phi) is 18.1. The zero-order valence-corrected chi connectivity index (χ0v) is 25.7. The second-order valence-corrected chi connectivity index (χ2v) is 12.7. The first kappa shape index (κ1) is 34.8. The molecule has 2 rings (SSSR count). The lowest BCUT2D eigenvalue weighted by Crippen LogP contribution is -2.29. The molecule has 2 aliphatic carbocycles. The van der Waals surface area contributed by atoms with Crippen LogP contribution in [0.25, 0.3) is 0 Å². The first-order valence-electron chi connectivity index (χ1n) is 15.6. The maximum absolute atomic E-state index is 12.2. The van der Waals surface area contributed by atoms with Crippen molar-refractivity contribution in [1.29, 1.82) is 0 Å². The molecule has 0 bridgehead atoms. The molecule has 0 amide bonds. The van der Waals surface area contributed by atoms with Gasteiger partial charge >= 0.3 is 5.97 Å². The maximum Gasteiger partial charge on any atom is 0.309 e. The van der Waals surface area contributed by atoms with Crippen LogP contribution in [0, 0.1) is 23.7 Å². The van der Waals surface area contributed by atoms with E-state index in [9.17, 15) is 9.59 Å². The standard InChI is InChI=1S/C18H32O4.C15H28O/c1-5-15(17(20)22-18(2,3)4)10-9-14-7-6-8-16(13-14)21-12-11-19;1-4-11-16-15-8-6-7-14(12-15)10-9-13(3)5-2/h11,14-16H,5-10,12-13H2,1-4H3;4,13-15H,1,5-12H2,2-3H3. The lowest BCUT2D eigenvalue weighted by atomic mass is 9.82. The van der Waals surface area contributed by atoms with Crippen LogP contribution in [0.3, 0.4) is 0 Å². The van der Waals surface area contributed by atoms with Crippen LogP contribution in [0.2, 0.25) is 0 Å². The van der Waals surface area contributed by atoms with Gasteiger partial charge in [0.1, 0.15) is 18.5 Å². The molecule has 0 N–H and O–H groups in total. The number of carbonyl (C=O) groups excluding carboxylic acids is 2. The predicted molar refractivity (Wildman–Crippen MR) is 157 cm³/mol. The second-order valence-electron chi connectivity index (χ2n) is 12.7. The van der Waals surface area contributed by atoms with Crippen LogP contribution < -0.4 is 0 Å². The van der Waals surface area contributed by atoms with Gasteiger partial charge in [0.25, 0.3) is 0 Å². The Labute approximate surface area is 234 Å². The van der Waals surface area contributed by atoms with Gasteiger partial charge in [0.2, 0.25) is 0 Å². The van der Waals surface area contributed by atoms with Crippen LogP contribution in [-0.4, -0.2) is 43.3 Å². The first-order valence-corrected chi connectivity index (χ1v) is 15.6. The van der Waals surface area contributed by atoms with Gasteiger partial charge in [-0.15, -0.1) is 6.58 Å². The lowest BCUT2D eigenvalue weighted by molar-refractivity contribution is -0.160. The van der Waals surface area contributed by atoms with Gasteiger partial charge in [-0.2, -0.15) is 0 Å². The van der Waals surface area contributed by atoms with Crippen molar-refractivity contribution in [3.63, 3.8) is 0 Å². The Hall–Kier alpha value is -1.20. The smallest absolute Gasteiger partial charge is 0.309 e. The quantitative estimate of drug-likeness (QED) is 0.119. The normalized spacial score (nSPS) is 25.4. The van der Waals surface area contributed by atoms with Gasteiger partial charge in [-0.1, -0.05) is 71.8 Å². The van der Waals surface area contributed by atoms with Crippen molar-refractivity contribution in [2.45, 2.75) is 149 Å².